The Bertz CT molecular complexity index is 898. The number of piperidine rings is 1. The Labute approximate surface area is 178 Å². The van der Waals surface area contributed by atoms with E-state index in [2.05, 4.69) is 28.6 Å². The van der Waals surface area contributed by atoms with Crippen molar-refractivity contribution in [3.8, 4) is 0 Å². The van der Waals surface area contributed by atoms with Crippen molar-refractivity contribution in [2.45, 2.75) is 26.2 Å². The van der Waals surface area contributed by atoms with E-state index in [4.69, 9.17) is 4.84 Å². The fourth-order valence-corrected chi connectivity index (χ4v) is 3.90. The molecule has 0 aliphatic carbocycles. The van der Waals surface area contributed by atoms with Crippen LogP contribution in [0.15, 0.2) is 59.1 Å². The van der Waals surface area contributed by atoms with Crippen LogP contribution in [0.5, 0.6) is 0 Å². The molecule has 2 aliphatic heterocycles. The second kappa shape index (κ2) is 9.22. The van der Waals surface area contributed by atoms with Gasteiger partial charge in [0.1, 0.15) is 0 Å². The lowest BCUT2D eigenvalue weighted by atomic mass is 9.90. The van der Waals surface area contributed by atoms with Gasteiger partial charge in [-0.15, -0.1) is 0 Å². The van der Waals surface area contributed by atoms with Crippen molar-refractivity contribution in [1.82, 2.24) is 9.96 Å². The van der Waals surface area contributed by atoms with Crippen LogP contribution in [0.2, 0.25) is 0 Å². The minimum Gasteiger partial charge on any atom is -0.310 e. The van der Waals surface area contributed by atoms with Crippen LogP contribution in [-0.2, 0) is 4.84 Å². The second-order valence-corrected chi connectivity index (χ2v) is 7.96. The number of rotatable bonds is 5. The molecular weight excluding hydrogens is 436 g/mol. The summed E-state index contributed by atoms with van der Waals surface area (Å²) in [6, 6.07) is 4.76. The summed E-state index contributed by atoms with van der Waals surface area (Å²) in [6.07, 6.45) is 9.75. The molecule has 3 amide bonds. The summed E-state index contributed by atoms with van der Waals surface area (Å²) in [6.45, 7) is 6.75. The molecule has 1 fully saturated rings. The fourth-order valence-electron chi connectivity index (χ4n) is 3.54. The van der Waals surface area contributed by atoms with Gasteiger partial charge in [-0.05, 0) is 50.3 Å². The Morgan fingerprint density at radius 1 is 1.24 bits per heavy atom. The maximum atomic E-state index is 12.5. The van der Waals surface area contributed by atoms with Gasteiger partial charge >= 0.3 is 6.09 Å². The molecule has 1 aromatic carbocycles. The number of fused-ring (bicyclic) bond motifs is 1. The molecule has 1 aromatic rings. The summed E-state index contributed by atoms with van der Waals surface area (Å²) >= 11 is 3.28. The lowest BCUT2D eigenvalue weighted by Gasteiger charge is -2.31. The molecule has 2 aliphatic rings. The number of nitrogens with zero attached hydrogens (tertiary/aromatic N) is 2. The number of carbonyl (C=O) groups is 3. The number of halogens is 1. The van der Waals surface area contributed by atoms with Crippen LogP contribution in [0.1, 0.15) is 46.9 Å². The molecule has 29 heavy (non-hydrogen) atoms. The average molecular weight is 459 g/mol. The highest BCUT2D eigenvalue weighted by atomic mass is 79.9. The fraction of sp³-hybridized carbons (Fsp3) is 0.318. The summed E-state index contributed by atoms with van der Waals surface area (Å²) < 4.78 is 0.677. The molecule has 0 spiro atoms. The second-order valence-electron chi connectivity index (χ2n) is 7.04. The first-order valence-corrected chi connectivity index (χ1v) is 10.3. The van der Waals surface area contributed by atoms with Gasteiger partial charge in [-0.3, -0.25) is 9.59 Å². The lowest BCUT2D eigenvalue weighted by Crippen LogP contribution is -2.43. The van der Waals surface area contributed by atoms with E-state index in [1.54, 1.807) is 29.2 Å². The van der Waals surface area contributed by atoms with Crippen molar-refractivity contribution >= 4 is 33.8 Å². The number of imide groups is 1. The molecule has 0 N–H and O–H groups in total. The summed E-state index contributed by atoms with van der Waals surface area (Å²) in [4.78, 5) is 44.1. The molecule has 6 nitrogen and oxygen atoms in total. The zero-order valence-corrected chi connectivity index (χ0v) is 17.9. The van der Waals surface area contributed by atoms with E-state index >= 15 is 0 Å². The van der Waals surface area contributed by atoms with Gasteiger partial charge in [0.05, 0.1) is 11.1 Å². The van der Waals surface area contributed by atoms with Crippen LogP contribution in [0.25, 0.3) is 0 Å². The summed E-state index contributed by atoms with van der Waals surface area (Å²) in [5.41, 5.74) is 1.70. The highest BCUT2D eigenvalue weighted by molar-refractivity contribution is 9.10. The molecule has 0 unspecified atom stereocenters. The van der Waals surface area contributed by atoms with Gasteiger partial charge in [0, 0.05) is 17.6 Å². The normalized spacial score (nSPS) is 17.8. The SMILES string of the molecule is C=C/C=C\C(=C/C)CC1CCN(C(=O)ON2C(=O)c3ccc(Br)cc3C2=O)CC1. The predicted molar refractivity (Wildman–Crippen MR) is 113 cm³/mol. The molecule has 2 heterocycles. The van der Waals surface area contributed by atoms with Crippen molar-refractivity contribution in [1.29, 1.82) is 0 Å². The Morgan fingerprint density at radius 2 is 1.93 bits per heavy atom. The van der Waals surface area contributed by atoms with Gasteiger partial charge in [-0.2, -0.15) is 0 Å². The molecule has 152 valence electrons. The third-order valence-electron chi connectivity index (χ3n) is 5.20. The number of likely N-dealkylation sites (tertiary alicyclic amines) is 1. The standard InChI is InChI=1S/C22H23BrN2O4/c1-3-5-6-15(4-2)13-16-9-11-24(12-10-16)22(28)29-25-20(26)18-8-7-17(23)14-19(18)21(25)27/h3-8,14,16H,1,9-13H2,2H3/b6-5-,15-4+. The largest absolute Gasteiger partial charge is 0.434 e. The van der Waals surface area contributed by atoms with Crippen LogP contribution in [0, 0.1) is 5.92 Å². The third-order valence-corrected chi connectivity index (χ3v) is 5.69. The number of hydroxylamine groups is 2. The van der Waals surface area contributed by atoms with Gasteiger partial charge in [-0.1, -0.05) is 57.4 Å². The van der Waals surface area contributed by atoms with E-state index in [0.717, 1.165) is 19.3 Å². The molecule has 7 heteroatoms. The van der Waals surface area contributed by atoms with Crippen molar-refractivity contribution < 1.29 is 19.2 Å². The van der Waals surface area contributed by atoms with Crippen molar-refractivity contribution in [3.63, 3.8) is 0 Å². The average Bonchev–Trinajstić information content (AvgIpc) is 2.95. The van der Waals surface area contributed by atoms with Crippen molar-refractivity contribution in [2.75, 3.05) is 13.1 Å². The van der Waals surface area contributed by atoms with E-state index in [9.17, 15) is 14.4 Å². The van der Waals surface area contributed by atoms with Crippen molar-refractivity contribution in [3.05, 3.63) is 70.3 Å². The van der Waals surface area contributed by atoms with Crippen LogP contribution in [-0.4, -0.2) is 41.0 Å². The number of carbonyl (C=O) groups excluding carboxylic acids is 3. The zero-order valence-electron chi connectivity index (χ0n) is 16.3. The monoisotopic (exact) mass is 458 g/mol. The number of allylic oxidation sites excluding steroid dienone is 5. The summed E-state index contributed by atoms with van der Waals surface area (Å²) in [5.74, 6) is -0.773. The minimum absolute atomic E-state index is 0.224. The van der Waals surface area contributed by atoms with Gasteiger partial charge < -0.3 is 9.74 Å². The first-order chi connectivity index (χ1) is 13.9. The van der Waals surface area contributed by atoms with Crippen LogP contribution >= 0.6 is 15.9 Å². The van der Waals surface area contributed by atoms with Gasteiger partial charge in [0.25, 0.3) is 11.8 Å². The van der Waals surface area contributed by atoms with Gasteiger partial charge in [0.2, 0.25) is 0 Å². The number of benzene rings is 1. The third kappa shape index (κ3) is 4.67. The summed E-state index contributed by atoms with van der Waals surface area (Å²) in [5, 5.41) is 0.559. The Hall–Kier alpha value is -2.67. The molecular formula is C22H23BrN2O4. The minimum atomic E-state index is -0.671. The molecule has 0 radical (unpaired) electrons. The molecule has 1 saturated heterocycles. The van der Waals surface area contributed by atoms with Crippen LogP contribution in [0.3, 0.4) is 0 Å². The molecule has 0 saturated carbocycles. The number of hydrogen-bond acceptors (Lipinski definition) is 4. The van der Waals surface area contributed by atoms with E-state index in [-0.39, 0.29) is 11.1 Å². The summed E-state index contributed by atoms with van der Waals surface area (Å²) in [7, 11) is 0. The quantitative estimate of drug-likeness (QED) is 0.465. The lowest BCUT2D eigenvalue weighted by molar-refractivity contribution is -0.0594. The highest BCUT2D eigenvalue weighted by Gasteiger charge is 2.40. The van der Waals surface area contributed by atoms with Crippen LogP contribution in [0.4, 0.5) is 4.79 Å². The molecule has 3 rings (SSSR count). The van der Waals surface area contributed by atoms with E-state index in [1.165, 1.54) is 5.57 Å². The van der Waals surface area contributed by atoms with Crippen LogP contribution < -0.4 is 0 Å². The topological polar surface area (TPSA) is 66.9 Å². The molecule has 0 aromatic heterocycles. The van der Waals surface area contributed by atoms with E-state index in [0.29, 0.717) is 28.5 Å². The maximum absolute atomic E-state index is 12.5. The molecule has 0 bridgehead atoms. The zero-order chi connectivity index (χ0) is 21.0. The highest BCUT2D eigenvalue weighted by Crippen LogP contribution is 2.28. The van der Waals surface area contributed by atoms with Gasteiger partial charge in [0.15, 0.2) is 0 Å². The van der Waals surface area contributed by atoms with Gasteiger partial charge in [-0.25, -0.2) is 4.79 Å². The Morgan fingerprint density at radius 3 is 2.59 bits per heavy atom. The first-order valence-electron chi connectivity index (χ1n) is 9.54. The first kappa shape index (κ1) is 21.0. The number of hydrogen-bond donors (Lipinski definition) is 0. The molecule has 0 atom stereocenters. The number of amides is 3. The van der Waals surface area contributed by atoms with E-state index in [1.807, 2.05) is 19.1 Å². The smallest absolute Gasteiger partial charge is 0.310 e. The van der Waals surface area contributed by atoms with Crippen molar-refractivity contribution in [2.24, 2.45) is 5.92 Å². The maximum Gasteiger partial charge on any atom is 0.434 e. The Kier molecular flexibility index (Phi) is 6.69. The predicted octanol–water partition coefficient (Wildman–Crippen LogP) is 4.89. The Balaban J connectivity index is 1.55. The van der Waals surface area contributed by atoms with E-state index < -0.39 is 17.9 Å².